The first kappa shape index (κ1) is 14.7. The van der Waals surface area contributed by atoms with Crippen LogP contribution in [-0.4, -0.2) is 28.0 Å². The molecule has 0 atom stereocenters. The second-order valence-corrected chi connectivity index (χ2v) is 6.64. The average Bonchev–Trinajstić information content (AvgIpc) is 3.24. The molecule has 0 aliphatic carbocycles. The van der Waals surface area contributed by atoms with Crippen molar-refractivity contribution < 1.29 is 9.13 Å². The molecule has 4 nitrogen and oxygen atoms in total. The molecule has 1 aliphatic heterocycles. The molecule has 0 radical (unpaired) electrons. The number of hydrogen-bond donors (Lipinski definition) is 1. The summed E-state index contributed by atoms with van der Waals surface area (Å²) in [5.74, 6) is 0.197. The molecule has 1 N–H and O–H groups in total. The van der Waals surface area contributed by atoms with E-state index in [9.17, 15) is 4.39 Å². The lowest BCUT2D eigenvalue weighted by Gasteiger charge is -2.24. The molecule has 25 heavy (non-hydrogen) atoms. The highest BCUT2D eigenvalue weighted by Gasteiger charge is 2.22. The summed E-state index contributed by atoms with van der Waals surface area (Å²) in [7, 11) is 0. The van der Waals surface area contributed by atoms with E-state index in [0.29, 0.717) is 5.92 Å². The minimum atomic E-state index is -0.221. The summed E-state index contributed by atoms with van der Waals surface area (Å²) in [6.45, 7) is 1.56. The summed E-state index contributed by atoms with van der Waals surface area (Å²) in [6, 6.07) is 13.3. The van der Waals surface area contributed by atoms with E-state index in [1.165, 1.54) is 11.8 Å². The highest BCUT2D eigenvalue weighted by atomic mass is 19.1. The number of nitrogens with zero attached hydrogens (tertiary/aromatic N) is 2. The van der Waals surface area contributed by atoms with Gasteiger partial charge in [-0.1, -0.05) is 6.07 Å². The van der Waals surface area contributed by atoms with Crippen LogP contribution in [0.2, 0.25) is 0 Å². The molecule has 0 unspecified atom stereocenters. The van der Waals surface area contributed by atoms with Crippen molar-refractivity contribution in [2.75, 3.05) is 13.2 Å². The van der Waals surface area contributed by atoms with Gasteiger partial charge in [0.15, 0.2) is 0 Å². The summed E-state index contributed by atoms with van der Waals surface area (Å²) >= 11 is 0. The zero-order valence-corrected chi connectivity index (χ0v) is 13.7. The Morgan fingerprint density at radius 1 is 1.08 bits per heavy atom. The first-order valence-electron chi connectivity index (χ1n) is 8.62. The molecule has 1 aliphatic rings. The molecule has 0 saturated carbocycles. The monoisotopic (exact) mass is 335 g/mol. The normalized spacial score (nSPS) is 16.0. The van der Waals surface area contributed by atoms with E-state index in [0.717, 1.165) is 53.5 Å². The van der Waals surface area contributed by atoms with Gasteiger partial charge in [-0.3, -0.25) is 5.10 Å². The van der Waals surface area contributed by atoms with Crippen LogP contribution < -0.4 is 0 Å². The number of aromatic nitrogens is 3. The van der Waals surface area contributed by atoms with Gasteiger partial charge < -0.3 is 9.30 Å². The lowest BCUT2D eigenvalue weighted by molar-refractivity contribution is 0.0842. The third-order valence-electron chi connectivity index (χ3n) is 5.10. The van der Waals surface area contributed by atoms with Gasteiger partial charge in [0.1, 0.15) is 5.82 Å². The predicted molar refractivity (Wildman–Crippen MR) is 95.7 cm³/mol. The lowest BCUT2D eigenvalue weighted by atomic mass is 9.96. The van der Waals surface area contributed by atoms with Crippen LogP contribution >= 0.6 is 0 Å². The highest BCUT2D eigenvalue weighted by molar-refractivity contribution is 5.96. The molecule has 1 fully saturated rings. The van der Waals surface area contributed by atoms with Gasteiger partial charge in [-0.25, -0.2) is 4.39 Å². The summed E-state index contributed by atoms with van der Waals surface area (Å²) in [5.41, 5.74) is 4.19. The Morgan fingerprint density at radius 3 is 2.80 bits per heavy atom. The minimum Gasteiger partial charge on any atom is -0.381 e. The summed E-state index contributed by atoms with van der Waals surface area (Å²) in [6.07, 6.45) is 3.81. The lowest BCUT2D eigenvalue weighted by Crippen LogP contribution is -2.16. The molecule has 5 heteroatoms. The maximum Gasteiger partial charge on any atom is 0.125 e. The van der Waals surface area contributed by atoms with Crippen LogP contribution in [0.4, 0.5) is 4.39 Å². The topological polar surface area (TPSA) is 42.8 Å². The van der Waals surface area contributed by atoms with Crippen molar-refractivity contribution >= 4 is 21.8 Å². The smallest absolute Gasteiger partial charge is 0.125 e. The van der Waals surface area contributed by atoms with E-state index in [1.54, 1.807) is 12.1 Å². The van der Waals surface area contributed by atoms with Gasteiger partial charge in [-0.2, -0.15) is 5.10 Å². The van der Waals surface area contributed by atoms with Gasteiger partial charge in [0.05, 0.1) is 17.2 Å². The van der Waals surface area contributed by atoms with Crippen LogP contribution in [0.3, 0.4) is 0 Å². The van der Waals surface area contributed by atoms with Gasteiger partial charge in [0.2, 0.25) is 0 Å². The Bertz CT molecular complexity index is 1060. The Hall–Kier alpha value is -2.66. The van der Waals surface area contributed by atoms with E-state index < -0.39 is 0 Å². The van der Waals surface area contributed by atoms with Crippen LogP contribution in [0, 0.1) is 5.82 Å². The summed E-state index contributed by atoms with van der Waals surface area (Å²) in [4.78, 5) is 0. The zero-order valence-electron chi connectivity index (χ0n) is 13.7. The largest absolute Gasteiger partial charge is 0.381 e. The summed E-state index contributed by atoms with van der Waals surface area (Å²) < 4.78 is 21.6. The number of H-pyrrole nitrogens is 1. The first-order valence-corrected chi connectivity index (χ1v) is 8.62. The quantitative estimate of drug-likeness (QED) is 0.584. The van der Waals surface area contributed by atoms with Gasteiger partial charge in [-0.15, -0.1) is 0 Å². The van der Waals surface area contributed by atoms with Crippen molar-refractivity contribution in [3.63, 3.8) is 0 Å². The fraction of sp³-hybridized carbons (Fsp3) is 0.250. The Labute approximate surface area is 144 Å². The molecular weight excluding hydrogens is 317 g/mol. The summed E-state index contributed by atoms with van der Waals surface area (Å²) in [5, 5.41) is 9.35. The number of benzene rings is 2. The highest BCUT2D eigenvalue weighted by Crippen LogP contribution is 2.35. The van der Waals surface area contributed by atoms with Crippen LogP contribution in [0.15, 0.2) is 48.7 Å². The van der Waals surface area contributed by atoms with E-state index in [2.05, 4.69) is 33.0 Å². The Kier molecular flexibility index (Phi) is 3.35. The number of fused-ring (bicyclic) bond motifs is 2. The van der Waals surface area contributed by atoms with E-state index in [1.807, 2.05) is 12.3 Å². The maximum atomic E-state index is 13.9. The first-order chi connectivity index (χ1) is 12.3. The minimum absolute atomic E-state index is 0.221. The molecule has 5 rings (SSSR count). The van der Waals surface area contributed by atoms with Gasteiger partial charge in [0, 0.05) is 41.3 Å². The van der Waals surface area contributed by atoms with Gasteiger partial charge >= 0.3 is 0 Å². The fourth-order valence-electron chi connectivity index (χ4n) is 3.87. The fourth-order valence-corrected chi connectivity index (χ4v) is 3.87. The molecule has 0 bridgehead atoms. The predicted octanol–water partition coefficient (Wildman–Crippen LogP) is 4.54. The number of hydrogen-bond acceptors (Lipinski definition) is 2. The van der Waals surface area contributed by atoms with Gasteiger partial charge in [0.25, 0.3) is 0 Å². The Morgan fingerprint density at radius 2 is 1.96 bits per heavy atom. The number of nitrogens with one attached hydrogen (secondary N) is 1. The second-order valence-electron chi connectivity index (χ2n) is 6.64. The average molecular weight is 335 g/mol. The van der Waals surface area contributed by atoms with E-state index in [-0.39, 0.29) is 5.82 Å². The number of halogens is 1. The van der Waals surface area contributed by atoms with E-state index >= 15 is 0 Å². The van der Waals surface area contributed by atoms with Crippen molar-refractivity contribution in [2.24, 2.45) is 0 Å². The van der Waals surface area contributed by atoms with E-state index in [4.69, 9.17) is 4.74 Å². The molecule has 126 valence electrons. The molecule has 1 saturated heterocycles. The second kappa shape index (κ2) is 5.70. The van der Waals surface area contributed by atoms with Crippen molar-refractivity contribution in [2.45, 2.75) is 18.8 Å². The maximum absolute atomic E-state index is 13.9. The van der Waals surface area contributed by atoms with Crippen molar-refractivity contribution in [3.8, 4) is 5.69 Å². The molecule has 3 heterocycles. The molecule has 0 spiro atoms. The zero-order chi connectivity index (χ0) is 16.8. The third-order valence-corrected chi connectivity index (χ3v) is 5.10. The number of aromatic amines is 1. The van der Waals surface area contributed by atoms with Crippen molar-refractivity contribution in [3.05, 3.63) is 60.2 Å². The molecular formula is C20H18FN3O. The SMILES string of the molecule is Fc1cccc(-n2c(C3CCOCC3)cc3cc4[nH]ncc4cc32)c1. The molecule has 4 aromatic rings. The van der Waals surface area contributed by atoms with Gasteiger partial charge in [-0.05, 0) is 49.2 Å². The standard InChI is InChI=1S/C20H18FN3O/c21-16-2-1-3-17(11-16)24-19(13-4-6-25-7-5-13)9-14-8-18-15(10-20(14)24)12-22-23-18/h1-3,8-13H,4-7H2,(H,22,23). The number of ether oxygens (including phenoxy) is 1. The van der Waals surface area contributed by atoms with Crippen LogP contribution in [0.25, 0.3) is 27.5 Å². The van der Waals surface area contributed by atoms with Crippen molar-refractivity contribution in [1.82, 2.24) is 14.8 Å². The number of rotatable bonds is 2. The molecule has 2 aromatic heterocycles. The van der Waals surface area contributed by atoms with Crippen LogP contribution in [-0.2, 0) is 4.74 Å². The van der Waals surface area contributed by atoms with Crippen LogP contribution in [0.5, 0.6) is 0 Å². The third kappa shape index (κ3) is 2.43. The molecule has 0 amide bonds. The van der Waals surface area contributed by atoms with Crippen LogP contribution in [0.1, 0.15) is 24.5 Å². The molecule has 2 aromatic carbocycles. The van der Waals surface area contributed by atoms with Crippen molar-refractivity contribution in [1.29, 1.82) is 0 Å². The Balaban J connectivity index is 1.80.